The topological polar surface area (TPSA) is 80.4 Å². The SMILES string of the molecule is CCOc1cc(NC(CO)c2ccco2)ncn1. The van der Waals surface area contributed by atoms with Gasteiger partial charge in [0.1, 0.15) is 23.9 Å². The van der Waals surface area contributed by atoms with E-state index in [1.165, 1.54) is 6.33 Å². The lowest BCUT2D eigenvalue weighted by Crippen LogP contribution is -2.15. The van der Waals surface area contributed by atoms with Gasteiger partial charge in [-0.15, -0.1) is 0 Å². The third-order valence-corrected chi connectivity index (χ3v) is 2.33. The number of hydrogen-bond acceptors (Lipinski definition) is 6. The van der Waals surface area contributed by atoms with Crippen LogP contribution in [0.15, 0.2) is 35.2 Å². The first-order chi connectivity index (χ1) is 8.83. The number of aliphatic hydroxyl groups excluding tert-OH is 1. The Bertz CT molecular complexity index is 473. The minimum atomic E-state index is -0.343. The molecule has 0 aliphatic heterocycles. The zero-order chi connectivity index (χ0) is 12.8. The van der Waals surface area contributed by atoms with Crippen molar-refractivity contribution in [3.63, 3.8) is 0 Å². The molecule has 2 aromatic rings. The summed E-state index contributed by atoms with van der Waals surface area (Å²) in [4.78, 5) is 8.03. The van der Waals surface area contributed by atoms with Crippen LogP contribution in [0.2, 0.25) is 0 Å². The van der Waals surface area contributed by atoms with Gasteiger partial charge in [-0.2, -0.15) is 0 Å². The Balaban J connectivity index is 2.09. The van der Waals surface area contributed by atoms with Crippen LogP contribution < -0.4 is 10.1 Å². The Labute approximate surface area is 105 Å². The maximum atomic E-state index is 9.33. The summed E-state index contributed by atoms with van der Waals surface area (Å²) in [6.07, 6.45) is 2.97. The summed E-state index contributed by atoms with van der Waals surface area (Å²) in [5, 5.41) is 12.4. The Hall–Kier alpha value is -2.08. The van der Waals surface area contributed by atoms with Crippen molar-refractivity contribution >= 4 is 5.82 Å². The summed E-state index contributed by atoms with van der Waals surface area (Å²) >= 11 is 0. The molecule has 2 heterocycles. The van der Waals surface area contributed by atoms with Crippen LogP contribution in [0.1, 0.15) is 18.7 Å². The number of rotatable bonds is 6. The lowest BCUT2D eigenvalue weighted by Gasteiger charge is -2.14. The molecule has 0 saturated heterocycles. The van der Waals surface area contributed by atoms with E-state index in [2.05, 4.69) is 15.3 Å². The quantitative estimate of drug-likeness (QED) is 0.809. The molecule has 2 rings (SSSR count). The molecule has 2 aromatic heterocycles. The van der Waals surface area contributed by atoms with E-state index in [0.29, 0.717) is 24.1 Å². The summed E-state index contributed by atoms with van der Waals surface area (Å²) in [5.41, 5.74) is 0. The molecular formula is C12H15N3O3. The van der Waals surface area contributed by atoms with Crippen molar-refractivity contribution in [3.05, 3.63) is 36.5 Å². The monoisotopic (exact) mass is 249 g/mol. The van der Waals surface area contributed by atoms with Crippen LogP contribution in [0.5, 0.6) is 5.88 Å². The number of ether oxygens (including phenoxy) is 1. The van der Waals surface area contributed by atoms with Crippen LogP contribution in [-0.4, -0.2) is 28.3 Å². The predicted molar refractivity (Wildman–Crippen MR) is 65.4 cm³/mol. The third-order valence-electron chi connectivity index (χ3n) is 2.33. The molecule has 0 saturated carbocycles. The first kappa shape index (κ1) is 12.4. The molecule has 1 atom stereocenters. The molecule has 6 heteroatoms. The van der Waals surface area contributed by atoms with Gasteiger partial charge in [-0.1, -0.05) is 0 Å². The van der Waals surface area contributed by atoms with Gasteiger partial charge in [-0.05, 0) is 19.1 Å². The number of nitrogens with one attached hydrogen (secondary N) is 1. The smallest absolute Gasteiger partial charge is 0.218 e. The van der Waals surface area contributed by atoms with E-state index in [1.54, 1.807) is 24.5 Å². The van der Waals surface area contributed by atoms with Gasteiger partial charge in [0.2, 0.25) is 5.88 Å². The van der Waals surface area contributed by atoms with Crippen molar-refractivity contribution in [1.82, 2.24) is 9.97 Å². The maximum absolute atomic E-state index is 9.33. The first-order valence-electron chi connectivity index (χ1n) is 5.69. The number of nitrogens with zero attached hydrogens (tertiary/aromatic N) is 2. The van der Waals surface area contributed by atoms with Gasteiger partial charge in [0.25, 0.3) is 0 Å². The number of aromatic nitrogens is 2. The molecule has 0 aliphatic rings. The van der Waals surface area contributed by atoms with Crippen molar-refractivity contribution in [2.24, 2.45) is 0 Å². The molecule has 0 radical (unpaired) electrons. The summed E-state index contributed by atoms with van der Waals surface area (Å²) < 4.78 is 10.5. The Morgan fingerprint density at radius 1 is 1.50 bits per heavy atom. The molecule has 0 bridgehead atoms. The van der Waals surface area contributed by atoms with E-state index in [9.17, 15) is 5.11 Å². The zero-order valence-electron chi connectivity index (χ0n) is 10.0. The molecule has 0 spiro atoms. The van der Waals surface area contributed by atoms with Crippen molar-refractivity contribution < 1.29 is 14.3 Å². The van der Waals surface area contributed by atoms with Crippen LogP contribution in [0.3, 0.4) is 0 Å². The van der Waals surface area contributed by atoms with Gasteiger partial charge in [-0.3, -0.25) is 0 Å². The van der Waals surface area contributed by atoms with Gasteiger partial charge >= 0.3 is 0 Å². The number of furan rings is 1. The standard InChI is InChI=1S/C12H15N3O3/c1-2-17-12-6-11(13-8-14-12)15-9(7-16)10-4-3-5-18-10/h3-6,8-9,16H,2,7H2,1H3,(H,13,14,15). The zero-order valence-corrected chi connectivity index (χ0v) is 10.0. The van der Waals surface area contributed by atoms with E-state index in [0.717, 1.165) is 0 Å². The van der Waals surface area contributed by atoms with E-state index in [-0.39, 0.29) is 12.6 Å². The highest BCUT2D eigenvalue weighted by Crippen LogP contribution is 2.19. The van der Waals surface area contributed by atoms with Crippen molar-refractivity contribution in [2.75, 3.05) is 18.5 Å². The maximum Gasteiger partial charge on any atom is 0.218 e. The summed E-state index contributed by atoms with van der Waals surface area (Å²) in [6.45, 7) is 2.33. The Kier molecular flexibility index (Phi) is 4.14. The second kappa shape index (κ2) is 6.02. The van der Waals surface area contributed by atoms with Crippen LogP contribution in [-0.2, 0) is 0 Å². The Morgan fingerprint density at radius 3 is 3.06 bits per heavy atom. The normalized spacial score (nSPS) is 12.1. The van der Waals surface area contributed by atoms with Crippen molar-refractivity contribution in [1.29, 1.82) is 0 Å². The molecule has 2 N–H and O–H groups in total. The van der Waals surface area contributed by atoms with Crippen molar-refractivity contribution in [2.45, 2.75) is 13.0 Å². The first-order valence-corrected chi connectivity index (χ1v) is 5.69. The van der Waals surface area contributed by atoms with Gasteiger partial charge in [0.15, 0.2) is 0 Å². The summed E-state index contributed by atoms with van der Waals surface area (Å²) in [5.74, 6) is 1.71. The fourth-order valence-electron chi connectivity index (χ4n) is 1.52. The Morgan fingerprint density at radius 2 is 2.39 bits per heavy atom. The van der Waals surface area contributed by atoms with E-state index < -0.39 is 0 Å². The van der Waals surface area contributed by atoms with E-state index in [1.807, 2.05) is 6.92 Å². The number of hydrogen-bond donors (Lipinski definition) is 2. The molecule has 0 fully saturated rings. The third kappa shape index (κ3) is 2.98. The van der Waals surface area contributed by atoms with Gasteiger partial charge in [-0.25, -0.2) is 9.97 Å². The lowest BCUT2D eigenvalue weighted by molar-refractivity contribution is 0.261. The molecule has 6 nitrogen and oxygen atoms in total. The van der Waals surface area contributed by atoms with Gasteiger partial charge in [0.05, 0.1) is 19.5 Å². The highest BCUT2D eigenvalue weighted by Gasteiger charge is 2.13. The second-order valence-corrected chi connectivity index (χ2v) is 3.57. The van der Waals surface area contributed by atoms with Crippen LogP contribution in [0.4, 0.5) is 5.82 Å². The van der Waals surface area contributed by atoms with E-state index in [4.69, 9.17) is 9.15 Å². The summed E-state index contributed by atoms with van der Waals surface area (Å²) in [7, 11) is 0. The molecule has 0 aliphatic carbocycles. The minimum absolute atomic E-state index is 0.0957. The second-order valence-electron chi connectivity index (χ2n) is 3.57. The van der Waals surface area contributed by atoms with Crippen LogP contribution in [0, 0.1) is 0 Å². The molecule has 96 valence electrons. The molecule has 0 amide bonds. The highest BCUT2D eigenvalue weighted by molar-refractivity contribution is 5.39. The minimum Gasteiger partial charge on any atom is -0.478 e. The molecule has 0 aromatic carbocycles. The number of aliphatic hydroxyl groups is 1. The average Bonchev–Trinajstić information content (AvgIpc) is 2.90. The largest absolute Gasteiger partial charge is 0.478 e. The average molecular weight is 249 g/mol. The number of anilines is 1. The van der Waals surface area contributed by atoms with Crippen LogP contribution >= 0.6 is 0 Å². The molecule has 18 heavy (non-hydrogen) atoms. The predicted octanol–water partition coefficient (Wildman–Crippen LogP) is 1.61. The van der Waals surface area contributed by atoms with Crippen LogP contribution in [0.25, 0.3) is 0 Å². The lowest BCUT2D eigenvalue weighted by atomic mass is 10.2. The van der Waals surface area contributed by atoms with Crippen molar-refractivity contribution in [3.8, 4) is 5.88 Å². The van der Waals surface area contributed by atoms with E-state index >= 15 is 0 Å². The van der Waals surface area contributed by atoms with Gasteiger partial charge in [0, 0.05) is 6.07 Å². The highest BCUT2D eigenvalue weighted by atomic mass is 16.5. The molecular weight excluding hydrogens is 234 g/mol. The fraction of sp³-hybridized carbons (Fsp3) is 0.333. The summed E-state index contributed by atoms with van der Waals surface area (Å²) in [6, 6.07) is 4.89. The van der Waals surface area contributed by atoms with Gasteiger partial charge < -0.3 is 19.6 Å². The fourth-order valence-corrected chi connectivity index (χ4v) is 1.52. The molecule has 1 unspecified atom stereocenters.